The van der Waals surface area contributed by atoms with Crippen LogP contribution in [0.2, 0.25) is 0 Å². The summed E-state index contributed by atoms with van der Waals surface area (Å²) in [6.45, 7) is 2.67. The molecule has 2 aliphatic rings. The average Bonchev–Trinajstić information content (AvgIpc) is 3.45. The molecule has 7 heteroatoms. The molecular formula is C24H20N4O2S. The lowest BCUT2D eigenvalue weighted by molar-refractivity contribution is 0.181. The molecule has 4 aromatic rings. The van der Waals surface area contributed by atoms with Crippen molar-refractivity contribution in [2.75, 3.05) is 29.5 Å². The number of rotatable bonds is 3. The van der Waals surface area contributed by atoms with Crippen LogP contribution in [0.4, 0.5) is 16.3 Å². The number of cyclic esters (lactones) is 1. The highest BCUT2D eigenvalue weighted by Crippen LogP contribution is 2.38. The van der Waals surface area contributed by atoms with Gasteiger partial charge in [-0.25, -0.2) is 14.8 Å². The van der Waals surface area contributed by atoms with Gasteiger partial charge in [-0.2, -0.15) is 0 Å². The fraction of sp³-hybridized carbons (Fsp3) is 0.208. The largest absolute Gasteiger partial charge is 0.447 e. The number of carbonyl (C=O) groups is 1. The van der Waals surface area contributed by atoms with Gasteiger partial charge in [0.1, 0.15) is 23.6 Å². The molecule has 0 radical (unpaired) electrons. The Kier molecular flexibility index (Phi) is 4.35. The number of aromatic nitrogens is 2. The second-order valence-corrected chi connectivity index (χ2v) is 8.78. The summed E-state index contributed by atoms with van der Waals surface area (Å²) in [6, 6.07) is 18.8. The van der Waals surface area contributed by atoms with Crippen LogP contribution in [0, 0.1) is 0 Å². The van der Waals surface area contributed by atoms with Crippen LogP contribution >= 0.6 is 11.3 Å². The molecule has 0 unspecified atom stereocenters. The number of hydrogen-bond acceptors (Lipinski definition) is 6. The standard InChI is InChI=1S/C24H20N4O2S/c29-24-28(11-12-30-24)20-8-4-7-17-14-27(10-9-18(17)20)22-19-13-21(16-5-2-1-3-6-16)31-23(19)26-15-25-22/h1-8,13,15H,9-12,14H2. The van der Waals surface area contributed by atoms with E-state index in [1.807, 2.05) is 18.2 Å². The Morgan fingerprint density at radius 1 is 1.00 bits per heavy atom. The molecule has 31 heavy (non-hydrogen) atoms. The number of benzene rings is 2. The zero-order chi connectivity index (χ0) is 20.8. The van der Waals surface area contributed by atoms with Gasteiger partial charge in [-0.15, -0.1) is 11.3 Å². The smallest absolute Gasteiger partial charge is 0.414 e. The van der Waals surface area contributed by atoms with E-state index in [1.54, 1.807) is 22.6 Å². The summed E-state index contributed by atoms with van der Waals surface area (Å²) in [4.78, 5) is 27.5. The van der Waals surface area contributed by atoms with Crippen molar-refractivity contribution in [3.8, 4) is 10.4 Å². The first-order valence-corrected chi connectivity index (χ1v) is 11.2. The molecule has 2 aromatic carbocycles. The number of amides is 1. The van der Waals surface area contributed by atoms with Crippen molar-refractivity contribution in [2.45, 2.75) is 13.0 Å². The summed E-state index contributed by atoms with van der Waals surface area (Å²) < 4.78 is 5.15. The topological polar surface area (TPSA) is 58.6 Å². The summed E-state index contributed by atoms with van der Waals surface area (Å²) in [5, 5.41) is 1.09. The van der Waals surface area contributed by atoms with Gasteiger partial charge in [0.05, 0.1) is 17.6 Å². The van der Waals surface area contributed by atoms with Gasteiger partial charge in [0, 0.05) is 18.0 Å². The second kappa shape index (κ2) is 7.35. The van der Waals surface area contributed by atoms with Crippen molar-refractivity contribution in [3.63, 3.8) is 0 Å². The van der Waals surface area contributed by atoms with Crippen LogP contribution < -0.4 is 9.80 Å². The van der Waals surface area contributed by atoms with Gasteiger partial charge < -0.3 is 9.64 Å². The molecule has 0 N–H and O–H groups in total. The van der Waals surface area contributed by atoms with E-state index >= 15 is 0 Å². The lowest BCUT2D eigenvalue weighted by Crippen LogP contribution is -2.33. The second-order valence-electron chi connectivity index (χ2n) is 7.75. The third kappa shape index (κ3) is 3.13. The van der Waals surface area contributed by atoms with Gasteiger partial charge >= 0.3 is 6.09 Å². The van der Waals surface area contributed by atoms with E-state index < -0.39 is 0 Å². The highest BCUT2D eigenvalue weighted by molar-refractivity contribution is 7.21. The Morgan fingerprint density at radius 3 is 2.74 bits per heavy atom. The van der Waals surface area contributed by atoms with Gasteiger partial charge in [-0.1, -0.05) is 42.5 Å². The van der Waals surface area contributed by atoms with Crippen molar-refractivity contribution in [1.82, 2.24) is 9.97 Å². The minimum absolute atomic E-state index is 0.250. The summed E-state index contributed by atoms with van der Waals surface area (Å²) in [7, 11) is 0. The molecule has 0 aliphatic carbocycles. The van der Waals surface area contributed by atoms with Crippen LogP contribution in [0.5, 0.6) is 0 Å². The van der Waals surface area contributed by atoms with Crippen LogP contribution in [-0.2, 0) is 17.7 Å². The summed E-state index contributed by atoms with van der Waals surface area (Å²) in [5.74, 6) is 0.972. The van der Waals surface area contributed by atoms with Gasteiger partial charge in [0.15, 0.2) is 0 Å². The number of ether oxygens (including phenoxy) is 1. The first-order valence-electron chi connectivity index (χ1n) is 10.4. The predicted octanol–water partition coefficient (Wildman–Crippen LogP) is 4.88. The molecule has 154 valence electrons. The van der Waals surface area contributed by atoms with Crippen molar-refractivity contribution < 1.29 is 9.53 Å². The van der Waals surface area contributed by atoms with E-state index in [0.29, 0.717) is 13.2 Å². The van der Waals surface area contributed by atoms with Crippen molar-refractivity contribution in [1.29, 1.82) is 0 Å². The van der Waals surface area contributed by atoms with E-state index in [-0.39, 0.29) is 6.09 Å². The summed E-state index contributed by atoms with van der Waals surface area (Å²) >= 11 is 1.70. The number of hydrogen-bond donors (Lipinski definition) is 0. The van der Waals surface area contributed by atoms with Crippen molar-refractivity contribution in [2.24, 2.45) is 0 Å². The number of thiophene rings is 1. The maximum absolute atomic E-state index is 12.1. The van der Waals surface area contributed by atoms with Crippen LogP contribution in [0.1, 0.15) is 11.1 Å². The number of carbonyl (C=O) groups excluding carboxylic acids is 1. The Hall–Kier alpha value is -3.45. The molecule has 0 spiro atoms. The molecule has 0 saturated carbocycles. The van der Waals surface area contributed by atoms with Gasteiger partial charge in [-0.05, 0) is 35.2 Å². The number of fused-ring (bicyclic) bond motifs is 2. The normalized spacial score (nSPS) is 15.9. The zero-order valence-electron chi connectivity index (χ0n) is 16.8. The molecular weight excluding hydrogens is 408 g/mol. The van der Waals surface area contributed by atoms with E-state index in [2.05, 4.69) is 51.3 Å². The Balaban J connectivity index is 1.36. The van der Waals surface area contributed by atoms with Gasteiger partial charge in [0.2, 0.25) is 0 Å². The molecule has 2 aromatic heterocycles. The third-order valence-electron chi connectivity index (χ3n) is 5.96. The quantitative estimate of drug-likeness (QED) is 0.466. The molecule has 6 rings (SSSR count). The maximum atomic E-state index is 12.1. The zero-order valence-corrected chi connectivity index (χ0v) is 17.6. The fourth-order valence-electron chi connectivity index (χ4n) is 4.47. The van der Waals surface area contributed by atoms with E-state index in [4.69, 9.17) is 4.74 Å². The fourth-order valence-corrected chi connectivity index (χ4v) is 5.47. The summed E-state index contributed by atoms with van der Waals surface area (Å²) in [6.07, 6.45) is 2.27. The van der Waals surface area contributed by atoms with Crippen LogP contribution in [0.15, 0.2) is 60.9 Å². The van der Waals surface area contributed by atoms with E-state index in [0.717, 1.165) is 41.2 Å². The average molecular weight is 429 g/mol. The summed E-state index contributed by atoms with van der Waals surface area (Å²) in [5.41, 5.74) is 4.64. The Morgan fingerprint density at radius 2 is 1.90 bits per heavy atom. The molecule has 6 nitrogen and oxygen atoms in total. The minimum Gasteiger partial charge on any atom is -0.447 e. The number of nitrogens with zero attached hydrogens (tertiary/aromatic N) is 4. The van der Waals surface area contributed by atoms with Crippen LogP contribution in [-0.4, -0.2) is 35.8 Å². The molecule has 1 fully saturated rings. The first kappa shape index (κ1) is 18.3. The predicted molar refractivity (Wildman–Crippen MR) is 123 cm³/mol. The number of anilines is 2. The maximum Gasteiger partial charge on any atom is 0.414 e. The lowest BCUT2D eigenvalue weighted by atomic mass is 9.97. The Labute approximate surface area is 183 Å². The molecule has 0 atom stereocenters. The van der Waals surface area contributed by atoms with Gasteiger partial charge in [-0.3, -0.25) is 4.90 Å². The van der Waals surface area contributed by atoms with Crippen molar-refractivity contribution in [3.05, 3.63) is 72.1 Å². The minimum atomic E-state index is -0.250. The lowest BCUT2D eigenvalue weighted by Gasteiger charge is -2.32. The SMILES string of the molecule is O=C1OCCN1c1cccc2c1CCN(c1ncnc3sc(-c4ccccc4)cc13)C2. The highest BCUT2D eigenvalue weighted by atomic mass is 32.1. The Bertz CT molecular complexity index is 1290. The molecule has 1 saturated heterocycles. The molecule has 0 bridgehead atoms. The monoisotopic (exact) mass is 428 g/mol. The molecule has 4 heterocycles. The van der Waals surface area contributed by atoms with E-state index in [9.17, 15) is 4.79 Å². The molecule has 2 aliphatic heterocycles. The van der Waals surface area contributed by atoms with Crippen LogP contribution in [0.25, 0.3) is 20.7 Å². The first-order chi connectivity index (χ1) is 15.3. The molecule has 1 amide bonds. The van der Waals surface area contributed by atoms with Crippen LogP contribution in [0.3, 0.4) is 0 Å². The highest BCUT2D eigenvalue weighted by Gasteiger charge is 2.29. The van der Waals surface area contributed by atoms with Gasteiger partial charge in [0.25, 0.3) is 0 Å². The van der Waals surface area contributed by atoms with Crippen molar-refractivity contribution >= 4 is 39.2 Å². The third-order valence-corrected chi connectivity index (χ3v) is 7.05. The van der Waals surface area contributed by atoms with E-state index in [1.165, 1.54) is 21.6 Å².